The Morgan fingerprint density at radius 1 is 1.37 bits per heavy atom. The third-order valence-electron chi connectivity index (χ3n) is 2.93. The SMILES string of the molecule is C#CCn1c(CCC)nc(-c2ccc(Br)cc2)c1N. The van der Waals surface area contributed by atoms with Gasteiger partial charge in [-0.3, -0.25) is 0 Å². The third kappa shape index (κ3) is 2.82. The molecule has 1 aromatic carbocycles. The molecule has 3 nitrogen and oxygen atoms in total. The number of hydrogen-bond acceptors (Lipinski definition) is 2. The van der Waals surface area contributed by atoms with E-state index in [1.807, 2.05) is 28.8 Å². The molecule has 0 spiro atoms. The Labute approximate surface area is 122 Å². The van der Waals surface area contributed by atoms with Crippen LogP contribution in [-0.2, 0) is 13.0 Å². The van der Waals surface area contributed by atoms with Crippen molar-refractivity contribution in [2.75, 3.05) is 5.73 Å². The lowest BCUT2D eigenvalue weighted by atomic mass is 10.1. The molecule has 2 N–H and O–H groups in total. The van der Waals surface area contributed by atoms with Gasteiger partial charge in [-0.1, -0.05) is 40.9 Å². The molecule has 98 valence electrons. The summed E-state index contributed by atoms with van der Waals surface area (Å²) in [6, 6.07) is 7.96. The number of aryl methyl sites for hydroxylation is 1. The Balaban J connectivity index is 2.49. The first-order valence-corrected chi connectivity index (χ1v) is 7.01. The van der Waals surface area contributed by atoms with Crippen molar-refractivity contribution in [1.29, 1.82) is 0 Å². The monoisotopic (exact) mass is 317 g/mol. The van der Waals surface area contributed by atoms with Crippen molar-refractivity contribution >= 4 is 21.7 Å². The Morgan fingerprint density at radius 3 is 2.63 bits per heavy atom. The van der Waals surface area contributed by atoms with Crippen LogP contribution in [0.1, 0.15) is 19.2 Å². The van der Waals surface area contributed by atoms with Gasteiger partial charge in [-0.25, -0.2) is 4.98 Å². The summed E-state index contributed by atoms with van der Waals surface area (Å²) in [5.74, 6) is 4.23. The predicted molar refractivity (Wildman–Crippen MR) is 82.6 cm³/mol. The number of aromatic nitrogens is 2. The van der Waals surface area contributed by atoms with E-state index in [0.29, 0.717) is 12.4 Å². The molecule has 1 aromatic heterocycles. The fraction of sp³-hybridized carbons (Fsp3) is 0.267. The fourth-order valence-electron chi connectivity index (χ4n) is 2.02. The molecule has 0 bridgehead atoms. The molecule has 0 aliphatic carbocycles. The van der Waals surface area contributed by atoms with E-state index in [-0.39, 0.29) is 0 Å². The van der Waals surface area contributed by atoms with E-state index in [2.05, 4.69) is 33.8 Å². The first-order valence-electron chi connectivity index (χ1n) is 6.21. The maximum atomic E-state index is 6.18. The summed E-state index contributed by atoms with van der Waals surface area (Å²) in [5.41, 5.74) is 8.00. The van der Waals surface area contributed by atoms with Crippen molar-refractivity contribution in [3.63, 3.8) is 0 Å². The van der Waals surface area contributed by atoms with Gasteiger partial charge in [0, 0.05) is 16.5 Å². The molecule has 4 heteroatoms. The molecule has 1 heterocycles. The van der Waals surface area contributed by atoms with Crippen molar-refractivity contribution in [3.05, 3.63) is 34.6 Å². The number of terminal acetylenes is 1. The van der Waals surface area contributed by atoms with Crippen molar-refractivity contribution in [3.8, 4) is 23.6 Å². The van der Waals surface area contributed by atoms with Gasteiger partial charge in [-0.05, 0) is 18.6 Å². The first-order chi connectivity index (χ1) is 9.17. The van der Waals surface area contributed by atoms with E-state index in [4.69, 9.17) is 12.2 Å². The van der Waals surface area contributed by atoms with Crippen LogP contribution in [0.2, 0.25) is 0 Å². The molecule has 0 amide bonds. The predicted octanol–water partition coefficient (Wildman–Crippen LogP) is 3.48. The molecule has 0 aliphatic rings. The van der Waals surface area contributed by atoms with Crippen LogP contribution >= 0.6 is 15.9 Å². The molecule has 0 fully saturated rings. The highest BCUT2D eigenvalue weighted by atomic mass is 79.9. The second-order valence-electron chi connectivity index (χ2n) is 4.31. The number of hydrogen-bond donors (Lipinski definition) is 1. The zero-order valence-corrected chi connectivity index (χ0v) is 12.4. The number of nitrogen functional groups attached to an aromatic ring is 1. The number of nitrogens with two attached hydrogens (primary N) is 1. The van der Waals surface area contributed by atoms with Gasteiger partial charge in [0.1, 0.15) is 17.3 Å². The van der Waals surface area contributed by atoms with Crippen LogP contribution in [0.3, 0.4) is 0 Å². The molecule has 2 rings (SSSR count). The largest absolute Gasteiger partial charge is 0.383 e. The number of halogens is 1. The van der Waals surface area contributed by atoms with E-state index < -0.39 is 0 Å². The van der Waals surface area contributed by atoms with Gasteiger partial charge in [0.2, 0.25) is 0 Å². The molecule has 0 unspecified atom stereocenters. The summed E-state index contributed by atoms with van der Waals surface area (Å²) in [6.07, 6.45) is 7.29. The molecular formula is C15H16BrN3. The van der Waals surface area contributed by atoms with Gasteiger partial charge in [0.05, 0.1) is 6.54 Å². The zero-order valence-electron chi connectivity index (χ0n) is 10.9. The van der Waals surface area contributed by atoms with Gasteiger partial charge in [-0.2, -0.15) is 0 Å². The highest BCUT2D eigenvalue weighted by molar-refractivity contribution is 9.10. The van der Waals surface area contributed by atoms with E-state index in [0.717, 1.165) is 34.4 Å². The number of rotatable bonds is 4. The Kier molecular flexibility index (Phi) is 4.28. The van der Waals surface area contributed by atoms with E-state index >= 15 is 0 Å². The number of nitrogens with zero attached hydrogens (tertiary/aromatic N) is 2. The lowest BCUT2D eigenvalue weighted by molar-refractivity contribution is 0.733. The average molecular weight is 318 g/mol. The lowest BCUT2D eigenvalue weighted by Gasteiger charge is -2.04. The number of imidazole rings is 1. The van der Waals surface area contributed by atoms with Gasteiger partial charge >= 0.3 is 0 Å². The minimum atomic E-state index is 0.463. The molecule has 0 saturated carbocycles. The fourth-order valence-corrected chi connectivity index (χ4v) is 2.28. The van der Waals surface area contributed by atoms with E-state index in [9.17, 15) is 0 Å². The minimum absolute atomic E-state index is 0.463. The first kappa shape index (κ1) is 13.7. The van der Waals surface area contributed by atoms with Gasteiger partial charge in [-0.15, -0.1) is 6.42 Å². The Morgan fingerprint density at radius 2 is 2.05 bits per heavy atom. The zero-order chi connectivity index (χ0) is 13.8. The van der Waals surface area contributed by atoms with E-state index in [1.54, 1.807) is 0 Å². The van der Waals surface area contributed by atoms with Gasteiger partial charge in [0.25, 0.3) is 0 Å². The normalized spacial score (nSPS) is 10.4. The summed E-state index contributed by atoms with van der Waals surface area (Å²) in [7, 11) is 0. The minimum Gasteiger partial charge on any atom is -0.383 e. The van der Waals surface area contributed by atoms with Crippen LogP contribution in [-0.4, -0.2) is 9.55 Å². The summed E-state index contributed by atoms with van der Waals surface area (Å²) < 4.78 is 2.95. The maximum Gasteiger partial charge on any atom is 0.132 e. The van der Waals surface area contributed by atoms with Crippen molar-refractivity contribution in [1.82, 2.24) is 9.55 Å². The van der Waals surface area contributed by atoms with Gasteiger partial charge < -0.3 is 10.3 Å². The van der Waals surface area contributed by atoms with Crippen molar-refractivity contribution in [2.45, 2.75) is 26.3 Å². The molecule has 0 atom stereocenters. The summed E-state index contributed by atoms with van der Waals surface area (Å²) in [4.78, 5) is 4.65. The summed E-state index contributed by atoms with van der Waals surface area (Å²) in [6.45, 7) is 2.58. The smallest absolute Gasteiger partial charge is 0.132 e. The van der Waals surface area contributed by atoms with Crippen LogP contribution in [0, 0.1) is 12.3 Å². The average Bonchev–Trinajstić information content (AvgIpc) is 2.70. The number of anilines is 1. The Hall–Kier alpha value is -1.73. The van der Waals surface area contributed by atoms with E-state index in [1.165, 1.54) is 0 Å². The highest BCUT2D eigenvalue weighted by Crippen LogP contribution is 2.28. The van der Waals surface area contributed by atoms with Crippen LogP contribution in [0.25, 0.3) is 11.3 Å². The van der Waals surface area contributed by atoms with Crippen LogP contribution in [0.15, 0.2) is 28.7 Å². The van der Waals surface area contributed by atoms with Gasteiger partial charge in [0.15, 0.2) is 0 Å². The van der Waals surface area contributed by atoms with Crippen LogP contribution < -0.4 is 5.73 Å². The van der Waals surface area contributed by atoms with Crippen LogP contribution in [0.5, 0.6) is 0 Å². The molecular weight excluding hydrogens is 302 g/mol. The molecule has 0 radical (unpaired) electrons. The topological polar surface area (TPSA) is 43.8 Å². The van der Waals surface area contributed by atoms with Crippen molar-refractivity contribution < 1.29 is 0 Å². The van der Waals surface area contributed by atoms with Crippen LogP contribution in [0.4, 0.5) is 5.82 Å². The quantitative estimate of drug-likeness (QED) is 0.877. The Bertz CT molecular complexity index is 606. The summed E-state index contributed by atoms with van der Waals surface area (Å²) in [5, 5.41) is 0. The molecule has 19 heavy (non-hydrogen) atoms. The lowest BCUT2D eigenvalue weighted by Crippen LogP contribution is -2.06. The highest BCUT2D eigenvalue weighted by Gasteiger charge is 2.14. The molecule has 0 aliphatic heterocycles. The second kappa shape index (κ2) is 5.94. The molecule has 2 aromatic rings. The second-order valence-corrected chi connectivity index (χ2v) is 5.22. The third-order valence-corrected chi connectivity index (χ3v) is 3.46. The molecule has 0 saturated heterocycles. The standard InChI is InChI=1S/C15H16BrN3/c1-3-5-13-18-14(15(17)19(13)10-4-2)11-6-8-12(16)9-7-11/h2,6-9H,3,5,10,17H2,1H3. The summed E-state index contributed by atoms with van der Waals surface area (Å²) >= 11 is 3.42. The maximum absolute atomic E-state index is 6.18. The number of benzene rings is 1. The van der Waals surface area contributed by atoms with Crippen molar-refractivity contribution in [2.24, 2.45) is 0 Å².